The lowest BCUT2D eigenvalue weighted by atomic mass is 9.99. The summed E-state index contributed by atoms with van der Waals surface area (Å²) in [5.74, 6) is 0.0779. The Morgan fingerprint density at radius 3 is 2.63 bits per heavy atom. The fourth-order valence-electron chi connectivity index (χ4n) is 3.06. The summed E-state index contributed by atoms with van der Waals surface area (Å²) in [6, 6.07) is 6.05. The van der Waals surface area contributed by atoms with Crippen molar-refractivity contribution in [2.24, 2.45) is 0 Å². The summed E-state index contributed by atoms with van der Waals surface area (Å²) in [6.45, 7) is 3.97. The minimum Gasteiger partial charge on any atom is -0.347 e. The highest BCUT2D eigenvalue weighted by Crippen LogP contribution is 2.29. The van der Waals surface area contributed by atoms with Gasteiger partial charge in [0.25, 0.3) is 5.91 Å². The van der Waals surface area contributed by atoms with Crippen molar-refractivity contribution in [2.75, 3.05) is 0 Å². The molecule has 19 heavy (non-hydrogen) atoms. The van der Waals surface area contributed by atoms with Gasteiger partial charge in [0.1, 0.15) is 0 Å². The molecule has 104 valence electrons. The molecule has 2 N–H and O–H groups in total. The predicted molar refractivity (Wildman–Crippen MR) is 78.6 cm³/mol. The van der Waals surface area contributed by atoms with Gasteiger partial charge in [0.15, 0.2) is 0 Å². The van der Waals surface area contributed by atoms with Crippen LogP contribution in [-0.2, 0) is 13.1 Å². The molecule has 1 fully saturated rings. The highest BCUT2D eigenvalue weighted by molar-refractivity contribution is 5.95. The van der Waals surface area contributed by atoms with Gasteiger partial charge < -0.3 is 10.6 Å². The fourth-order valence-corrected chi connectivity index (χ4v) is 3.06. The zero-order chi connectivity index (χ0) is 12.6. The van der Waals surface area contributed by atoms with Crippen LogP contribution in [0.4, 0.5) is 0 Å². The van der Waals surface area contributed by atoms with Crippen LogP contribution in [0.5, 0.6) is 0 Å². The molecular weight excluding hydrogens is 260 g/mol. The number of nitrogens with one attached hydrogen (secondary N) is 2. The van der Waals surface area contributed by atoms with Crippen molar-refractivity contribution < 1.29 is 4.79 Å². The largest absolute Gasteiger partial charge is 0.347 e. The van der Waals surface area contributed by atoms with E-state index < -0.39 is 0 Å². The Morgan fingerprint density at radius 2 is 1.89 bits per heavy atom. The number of rotatable bonds is 2. The smallest absolute Gasteiger partial charge is 0.251 e. The lowest BCUT2D eigenvalue weighted by Crippen LogP contribution is -2.43. The molecule has 3 rings (SSSR count). The van der Waals surface area contributed by atoms with Crippen LogP contribution in [-0.4, -0.2) is 11.4 Å². The monoisotopic (exact) mass is 280 g/mol. The van der Waals surface area contributed by atoms with Gasteiger partial charge in [-0.2, -0.15) is 0 Å². The second-order valence-electron chi connectivity index (χ2n) is 5.81. The Kier molecular flexibility index (Phi) is 4.16. The third kappa shape index (κ3) is 2.93. The first kappa shape index (κ1) is 14.4. The summed E-state index contributed by atoms with van der Waals surface area (Å²) in [5.41, 5.74) is 3.39. The highest BCUT2D eigenvalue weighted by atomic mass is 35.5. The van der Waals surface area contributed by atoms with E-state index in [1.54, 1.807) is 0 Å². The van der Waals surface area contributed by atoms with Gasteiger partial charge in [-0.25, -0.2) is 0 Å². The molecule has 1 aromatic carbocycles. The molecule has 0 unspecified atom stereocenters. The minimum atomic E-state index is 0. The van der Waals surface area contributed by atoms with Crippen LogP contribution in [0.1, 0.15) is 54.1 Å². The maximum Gasteiger partial charge on any atom is 0.251 e. The van der Waals surface area contributed by atoms with Gasteiger partial charge in [0, 0.05) is 24.2 Å². The maximum absolute atomic E-state index is 12.3. The van der Waals surface area contributed by atoms with E-state index in [1.807, 2.05) is 12.1 Å². The summed E-state index contributed by atoms with van der Waals surface area (Å²) < 4.78 is 0. The zero-order valence-corrected chi connectivity index (χ0v) is 12.1. The molecule has 0 aromatic heterocycles. The van der Waals surface area contributed by atoms with Crippen LogP contribution in [0.2, 0.25) is 0 Å². The van der Waals surface area contributed by atoms with Crippen LogP contribution in [0.3, 0.4) is 0 Å². The number of amides is 1. The Labute approximate surface area is 120 Å². The Bertz CT molecular complexity index is 481. The molecule has 2 aliphatic rings. The molecule has 4 heteroatoms. The van der Waals surface area contributed by atoms with Gasteiger partial charge in [0.2, 0.25) is 0 Å². The van der Waals surface area contributed by atoms with Gasteiger partial charge in [-0.15, -0.1) is 12.4 Å². The Hall–Kier alpha value is -1.06. The molecule has 0 spiro atoms. The molecule has 1 amide bonds. The highest BCUT2D eigenvalue weighted by Gasteiger charge is 2.30. The van der Waals surface area contributed by atoms with Crippen LogP contribution in [0, 0.1) is 0 Å². The first-order valence-electron chi connectivity index (χ1n) is 6.81. The average molecular weight is 281 g/mol. The standard InChI is InChI=1S/C15H20N2O.ClH/c1-15(6-2-3-7-15)17-14(18)11-4-5-12-9-16-10-13(12)8-11;/h4-5,8,16H,2-3,6-7,9-10H2,1H3,(H,17,18);1H. The normalized spacial score (nSPS) is 19.6. The van der Waals surface area contributed by atoms with E-state index in [0.717, 1.165) is 31.5 Å². The summed E-state index contributed by atoms with van der Waals surface area (Å²) >= 11 is 0. The first-order valence-corrected chi connectivity index (χ1v) is 6.81. The Morgan fingerprint density at radius 1 is 1.21 bits per heavy atom. The average Bonchev–Trinajstić information content (AvgIpc) is 2.96. The van der Waals surface area contributed by atoms with E-state index in [2.05, 4.69) is 23.6 Å². The maximum atomic E-state index is 12.3. The van der Waals surface area contributed by atoms with Crippen LogP contribution in [0.25, 0.3) is 0 Å². The summed E-state index contributed by atoms with van der Waals surface area (Å²) in [4.78, 5) is 12.3. The number of carbonyl (C=O) groups excluding carboxylic acids is 1. The van der Waals surface area contributed by atoms with E-state index in [9.17, 15) is 4.79 Å². The zero-order valence-electron chi connectivity index (χ0n) is 11.3. The van der Waals surface area contributed by atoms with Crippen molar-refractivity contribution in [3.8, 4) is 0 Å². The van der Waals surface area contributed by atoms with E-state index in [1.165, 1.54) is 24.0 Å². The van der Waals surface area contributed by atoms with Gasteiger partial charge in [-0.05, 0) is 43.0 Å². The minimum absolute atomic E-state index is 0. The van der Waals surface area contributed by atoms with Gasteiger partial charge >= 0.3 is 0 Å². The molecule has 1 saturated carbocycles. The molecule has 0 radical (unpaired) electrons. The molecule has 0 bridgehead atoms. The van der Waals surface area contributed by atoms with Crippen molar-refractivity contribution in [3.05, 3.63) is 34.9 Å². The van der Waals surface area contributed by atoms with E-state index in [-0.39, 0.29) is 23.9 Å². The van der Waals surface area contributed by atoms with E-state index in [0.29, 0.717) is 0 Å². The number of carbonyl (C=O) groups is 1. The van der Waals surface area contributed by atoms with Crippen LogP contribution >= 0.6 is 12.4 Å². The van der Waals surface area contributed by atoms with Crippen molar-refractivity contribution in [1.82, 2.24) is 10.6 Å². The second-order valence-corrected chi connectivity index (χ2v) is 5.81. The predicted octanol–water partition coefficient (Wildman–Crippen LogP) is 2.77. The molecule has 0 atom stereocenters. The first-order chi connectivity index (χ1) is 8.66. The van der Waals surface area contributed by atoms with Gasteiger partial charge in [-0.3, -0.25) is 4.79 Å². The number of hydrogen-bond donors (Lipinski definition) is 2. The van der Waals surface area contributed by atoms with Crippen LogP contribution in [0.15, 0.2) is 18.2 Å². The molecule has 1 heterocycles. The second kappa shape index (κ2) is 5.51. The van der Waals surface area contributed by atoms with Crippen molar-refractivity contribution in [3.63, 3.8) is 0 Å². The summed E-state index contributed by atoms with van der Waals surface area (Å²) in [6.07, 6.45) is 4.66. The lowest BCUT2D eigenvalue weighted by Gasteiger charge is -2.25. The van der Waals surface area contributed by atoms with E-state index >= 15 is 0 Å². The van der Waals surface area contributed by atoms with Crippen molar-refractivity contribution >= 4 is 18.3 Å². The number of halogens is 1. The molecule has 1 aliphatic heterocycles. The van der Waals surface area contributed by atoms with Gasteiger partial charge in [-0.1, -0.05) is 18.9 Å². The SMILES string of the molecule is CC1(NC(=O)c2ccc3c(c2)CNC3)CCCC1.Cl. The lowest BCUT2D eigenvalue weighted by molar-refractivity contribution is 0.0908. The third-order valence-corrected chi connectivity index (χ3v) is 4.22. The number of benzene rings is 1. The number of fused-ring (bicyclic) bond motifs is 1. The molecule has 0 saturated heterocycles. The molecule has 3 nitrogen and oxygen atoms in total. The quantitative estimate of drug-likeness (QED) is 0.875. The molecular formula is C15H21ClN2O. The topological polar surface area (TPSA) is 41.1 Å². The number of hydrogen-bond acceptors (Lipinski definition) is 2. The Balaban J connectivity index is 0.00000133. The van der Waals surface area contributed by atoms with Crippen molar-refractivity contribution in [1.29, 1.82) is 0 Å². The summed E-state index contributed by atoms with van der Waals surface area (Å²) in [7, 11) is 0. The van der Waals surface area contributed by atoms with Gasteiger partial charge in [0.05, 0.1) is 0 Å². The molecule has 1 aromatic rings. The van der Waals surface area contributed by atoms with Crippen molar-refractivity contribution in [2.45, 2.75) is 51.2 Å². The third-order valence-electron chi connectivity index (χ3n) is 4.22. The fraction of sp³-hybridized carbons (Fsp3) is 0.533. The summed E-state index contributed by atoms with van der Waals surface area (Å²) in [5, 5.41) is 6.51. The molecule has 1 aliphatic carbocycles. The van der Waals surface area contributed by atoms with E-state index in [4.69, 9.17) is 0 Å². The van der Waals surface area contributed by atoms with Crippen LogP contribution < -0.4 is 10.6 Å².